The molecule has 7 heteroatoms. The Hall–Kier alpha value is -2.67. The van der Waals surface area contributed by atoms with Crippen molar-refractivity contribution in [2.24, 2.45) is 0 Å². The van der Waals surface area contributed by atoms with Gasteiger partial charge in [0.2, 0.25) is 0 Å². The SMILES string of the molecule is COCCNC(=O)c1cncc(N2CCN(c3ccccc3F)CC2)c1. The van der Waals surface area contributed by atoms with Gasteiger partial charge in [-0.15, -0.1) is 0 Å². The number of piperazine rings is 1. The number of benzene rings is 1. The normalized spacial score (nSPS) is 14.4. The zero-order valence-corrected chi connectivity index (χ0v) is 14.8. The van der Waals surface area contributed by atoms with Crippen LogP contribution >= 0.6 is 0 Å². The second-order valence-electron chi connectivity index (χ2n) is 6.11. The first-order valence-electron chi connectivity index (χ1n) is 8.65. The number of para-hydroxylation sites is 1. The van der Waals surface area contributed by atoms with Crippen LogP contribution in [-0.4, -0.2) is 57.3 Å². The van der Waals surface area contributed by atoms with E-state index in [9.17, 15) is 9.18 Å². The van der Waals surface area contributed by atoms with Crippen LogP contribution in [0, 0.1) is 5.82 Å². The molecule has 2 heterocycles. The number of hydrogen-bond acceptors (Lipinski definition) is 5. The zero-order chi connectivity index (χ0) is 18.4. The molecule has 1 aliphatic rings. The lowest BCUT2D eigenvalue weighted by atomic mass is 10.2. The summed E-state index contributed by atoms with van der Waals surface area (Å²) in [6, 6.07) is 8.67. The van der Waals surface area contributed by atoms with Crippen molar-refractivity contribution in [1.82, 2.24) is 10.3 Å². The Balaban J connectivity index is 1.62. The van der Waals surface area contributed by atoms with Crippen molar-refractivity contribution in [3.63, 3.8) is 0 Å². The Morgan fingerprint density at radius 2 is 1.92 bits per heavy atom. The standard InChI is InChI=1S/C19H23FN4O2/c1-26-11-6-22-19(25)15-12-16(14-21-13-15)23-7-9-24(10-8-23)18-5-3-2-4-17(18)20/h2-5,12-14H,6-11H2,1H3,(H,22,25). The molecule has 26 heavy (non-hydrogen) atoms. The molecule has 1 saturated heterocycles. The van der Waals surface area contributed by atoms with Gasteiger partial charge in [0, 0.05) is 46.0 Å². The number of hydrogen-bond donors (Lipinski definition) is 1. The number of aromatic nitrogens is 1. The minimum absolute atomic E-state index is 0.165. The number of carbonyl (C=O) groups is 1. The van der Waals surface area contributed by atoms with E-state index in [-0.39, 0.29) is 11.7 Å². The van der Waals surface area contributed by atoms with Crippen LogP contribution < -0.4 is 15.1 Å². The third-order valence-electron chi connectivity index (χ3n) is 4.42. The summed E-state index contributed by atoms with van der Waals surface area (Å²) in [6.07, 6.45) is 3.31. The lowest BCUT2D eigenvalue weighted by Crippen LogP contribution is -2.47. The van der Waals surface area contributed by atoms with Crippen molar-refractivity contribution in [2.75, 3.05) is 56.2 Å². The highest BCUT2D eigenvalue weighted by Gasteiger charge is 2.20. The predicted octanol–water partition coefficient (Wildman–Crippen LogP) is 1.92. The number of carbonyl (C=O) groups excluding carboxylic acids is 1. The van der Waals surface area contributed by atoms with Crippen LogP contribution in [0.2, 0.25) is 0 Å². The fourth-order valence-electron chi connectivity index (χ4n) is 3.01. The molecule has 1 aromatic heterocycles. The molecule has 1 N–H and O–H groups in total. The van der Waals surface area contributed by atoms with E-state index in [1.165, 1.54) is 6.07 Å². The van der Waals surface area contributed by atoms with E-state index in [0.29, 0.717) is 37.5 Å². The Morgan fingerprint density at radius 1 is 1.19 bits per heavy atom. The molecule has 1 aliphatic heterocycles. The molecule has 6 nitrogen and oxygen atoms in total. The van der Waals surface area contributed by atoms with Crippen molar-refractivity contribution in [3.05, 3.63) is 54.1 Å². The van der Waals surface area contributed by atoms with Crippen LogP contribution in [0.15, 0.2) is 42.7 Å². The largest absolute Gasteiger partial charge is 0.383 e. The van der Waals surface area contributed by atoms with E-state index in [2.05, 4.69) is 15.2 Å². The third kappa shape index (κ3) is 4.29. The van der Waals surface area contributed by atoms with Crippen molar-refractivity contribution in [3.8, 4) is 0 Å². The summed E-state index contributed by atoms with van der Waals surface area (Å²) in [5.41, 5.74) is 2.06. The molecule has 1 amide bonds. The molecule has 2 aromatic rings. The molecule has 0 aliphatic carbocycles. The third-order valence-corrected chi connectivity index (χ3v) is 4.42. The number of pyridine rings is 1. The average molecular weight is 358 g/mol. The van der Waals surface area contributed by atoms with E-state index >= 15 is 0 Å². The smallest absolute Gasteiger partial charge is 0.253 e. The molecule has 0 bridgehead atoms. The van der Waals surface area contributed by atoms with Gasteiger partial charge in [-0.3, -0.25) is 9.78 Å². The lowest BCUT2D eigenvalue weighted by molar-refractivity contribution is 0.0936. The Bertz CT molecular complexity index is 748. The molecule has 138 valence electrons. The summed E-state index contributed by atoms with van der Waals surface area (Å²) in [6.45, 7) is 3.84. The molecule has 0 spiro atoms. The van der Waals surface area contributed by atoms with Crippen LogP contribution in [0.25, 0.3) is 0 Å². The molecular weight excluding hydrogens is 335 g/mol. The maximum atomic E-state index is 13.9. The molecule has 0 unspecified atom stereocenters. The van der Waals surface area contributed by atoms with Crippen LogP contribution in [-0.2, 0) is 4.74 Å². The maximum absolute atomic E-state index is 13.9. The zero-order valence-electron chi connectivity index (χ0n) is 14.8. The average Bonchev–Trinajstić information content (AvgIpc) is 2.69. The quantitative estimate of drug-likeness (QED) is 0.800. The van der Waals surface area contributed by atoms with Gasteiger partial charge in [-0.1, -0.05) is 12.1 Å². The molecule has 0 radical (unpaired) electrons. The maximum Gasteiger partial charge on any atom is 0.253 e. The van der Waals surface area contributed by atoms with Crippen molar-refractivity contribution < 1.29 is 13.9 Å². The lowest BCUT2D eigenvalue weighted by Gasteiger charge is -2.37. The number of halogens is 1. The van der Waals surface area contributed by atoms with Gasteiger partial charge in [0.05, 0.1) is 29.7 Å². The second-order valence-corrected chi connectivity index (χ2v) is 6.11. The van der Waals surface area contributed by atoms with E-state index in [1.54, 1.807) is 31.6 Å². The topological polar surface area (TPSA) is 57.7 Å². The van der Waals surface area contributed by atoms with Crippen molar-refractivity contribution in [1.29, 1.82) is 0 Å². The molecule has 3 rings (SSSR count). The van der Waals surface area contributed by atoms with Gasteiger partial charge in [0.1, 0.15) is 5.82 Å². The Morgan fingerprint density at radius 3 is 2.65 bits per heavy atom. The van der Waals surface area contributed by atoms with Crippen molar-refractivity contribution >= 4 is 17.3 Å². The molecular formula is C19H23FN4O2. The van der Waals surface area contributed by atoms with Crippen LogP contribution in [0.3, 0.4) is 0 Å². The highest BCUT2D eigenvalue weighted by molar-refractivity contribution is 5.94. The number of anilines is 2. The second kappa shape index (κ2) is 8.62. The number of nitrogens with zero attached hydrogens (tertiary/aromatic N) is 3. The van der Waals surface area contributed by atoms with E-state index in [0.717, 1.165) is 18.8 Å². The van der Waals surface area contributed by atoms with Gasteiger partial charge in [-0.2, -0.15) is 0 Å². The summed E-state index contributed by atoms with van der Waals surface area (Å²) in [7, 11) is 1.59. The number of methoxy groups -OCH3 is 1. The fraction of sp³-hybridized carbons (Fsp3) is 0.368. The number of amides is 1. The van der Waals surface area contributed by atoms with Gasteiger partial charge in [-0.25, -0.2) is 4.39 Å². The number of rotatable bonds is 6. The highest BCUT2D eigenvalue weighted by atomic mass is 19.1. The summed E-state index contributed by atoms with van der Waals surface area (Å²) in [5.74, 6) is -0.362. The minimum Gasteiger partial charge on any atom is -0.383 e. The van der Waals surface area contributed by atoms with Gasteiger partial charge >= 0.3 is 0 Å². The molecule has 0 saturated carbocycles. The summed E-state index contributed by atoms with van der Waals surface area (Å²) < 4.78 is 18.9. The minimum atomic E-state index is -0.197. The first-order valence-corrected chi connectivity index (χ1v) is 8.65. The van der Waals surface area contributed by atoms with Crippen LogP contribution in [0.5, 0.6) is 0 Å². The van der Waals surface area contributed by atoms with Gasteiger partial charge in [0.25, 0.3) is 5.91 Å². The number of ether oxygens (including phenoxy) is 1. The fourth-order valence-corrected chi connectivity index (χ4v) is 3.01. The molecule has 1 aromatic carbocycles. The van der Waals surface area contributed by atoms with Crippen LogP contribution in [0.1, 0.15) is 10.4 Å². The van der Waals surface area contributed by atoms with Gasteiger partial charge in [0.15, 0.2) is 0 Å². The highest BCUT2D eigenvalue weighted by Crippen LogP contribution is 2.22. The van der Waals surface area contributed by atoms with Gasteiger partial charge < -0.3 is 19.9 Å². The summed E-state index contributed by atoms with van der Waals surface area (Å²) in [4.78, 5) is 20.6. The Kier molecular flexibility index (Phi) is 6.01. The van der Waals surface area contributed by atoms with Crippen molar-refractivity contribution in [2.45, 2.75) is 0 Å². The number of nitrogens with one attached hydrogen (secondary N) is 1. The van der Waals surface area contributed by atoms with Crippen LogP contribution in [0.4, 0.5) is 15.8 Å². The summed E-state index contributed by atoms with van der Waals surface area (Å²) in [5, 5.41) is 2.79. The first kappa shape index (κ1) is 18.1. The molecule has 0 atom stereocenters. The van der Waals surface area contributed by atoms with E-state index < -0.39 is 0 Å². The predicted molar refractivity (Wildman–Crippen MR) is 99.3 cm³/mol. The van der Waals surface area contributed by atoms with E-state index in [1.807, 2.05) is 17.0 Å². The monoisotopic (exact) mass is 358 g/mol. The van der Waals surface area contributed by atoms with E-state index in [4.69, 9.17) is 4.74 Å². The Labute approximate surface area is 152 Å². The first-order chi connectivity index (χ1) is 12.7. The van der Waals surface area contributed by atoms with Gasteiger partial charge in [-0.05, 0) is 18.2 Å². The molecule has 1 fully saturated rings. The summed E-state index contributed by atoms with van der Waals surface area (Å²) >= 11 is 0.